The number of carbonyl (C=O) groups is 1. The molecule has 0 aliphatic heterocycles. The molecule has 1 saturated carbocycles. The van der Waals surface area contributed by atoms with Crippen molar-refractivity contribution in [3.05, 3.63) is 35.5 Å². The maximum atomic E-state index is 13.3. The summed E-state index contributed by atoms with van der Waals surface area (Å²) >= 11 is 0. The van der Waals surface area contributed by atoms with Crippen LogP contribution in [-0.4, -0.2) is 15.9 Å². The molecule has 1 aromatic heterocycles. The molecule has 1 heterocycles. The Morgan fingerprint density at radius 2 is 2.14 bits per heavy atom. The lowest BCUT2D eigenvalue weighted by Gasteiger charge is -2.04. The number of Topliss-reactive ketones (excluding diaryl/α,β-unsaturated/α-hetero) is 1. The molecule has 0 bridgehead atoms. The van der Waals surface area contributed by atoms with Gasteiger partial charge in [0, 0.05) is 11.5 Å². The number of benzene rings is 1. The molecule has 0 N–H and O–H groups in total. The summed E-state index contributed by atoms with van der Waals surface area (Å²) in [5.74, 6) is 0.602. The Morgan fingerprint density at radius 1 is 1.38 bits per heavy atom. The van der Waals surface area contributed by atoms with E-state index in [4.69, 9.17) is 4.52 Å². The quantitative estimate of drug-likeness (QED) is 0.864. The minimum absolute atomic E-state index is 0.135. The van der Waals surface area contributed by atoms with E-state index in [0.29, 0.717) is 17.3 Å². The highest BCUT2D eigenvalue weighted by Crippen LogP contribution is 2.27. The maximum Gasteiger partial charge on any atom is 0.234 e. The van der Waals surface area contributed by atoms with Gasteiger partial charge in [-0.15, -0.1) is 0 Å². The lowest BCUT2D eigenvalue weighted by molar-refractivity contribution is -0.122. The summed E-state index contributed by atoms with van der Waals surface area (Å²) < 4.78 is 18.5. The summed E-state index contributed by atoms with van der Waals surface area (Å²) in [6.07, 6.45) is 4.33. The van der Waals surface area contributed by atoms with Crippen molar-refractivity contribution >= 4 is 5.78 Å². The van der Waals surface area contributed by atoms with Gasteiger partial charge in [0.1, 0.15) is 11.6 Å². The average Bonchev–Trinajstić information content (AvgIpc) is 3.12. The average molecular weight is 288 g/mol. The first-order chi connectivity index (χ1) is 10.1. The van der Waals surface area contributed by atoms with Crippen molar-refractivity contribution in [1.82, 2.24) is 10.1 Å². The third-order valence-corrected chi connectivity index (χ3v) is 4.04. The predicted molar refractivity (Wildman–Crippen MR) is 75.1 cm³/mol. The molecule has 1 aliphatic carbocycles. The fourth-order valence-electron chi connectivity index (χ4n) is 2.81. The van der Waals surface area contributed by atoms with Crippen molar-refractivity contribution in [2.24, 2.45) is 5.92 Å². The molecule has 5 heteroatoms. The third-order valence-electron chi connectivity index (χ3n) is 4.04. The van der Waals surface area contributed by atoms with Crippen LogP contribution in [0.15, 0.2) is 22.7 Å². The summed E-state index contributed by atoms with van der Waals surface area (Å²) in [7, 11) is 0. The lowest BCUT2D eigenvalue weighted by atomic mass is 10.0. The summed E-state index contributed by atoms with van der Waals surface area (Å²) in [5.41, 5.74) is 1.46. The van der Waals surface area contributed by atoms with Crippen LogP contribution in [-0.2, 0) is 11.2 Å². The normalized spacial score (nSPS) is 15.5. The molecular weight excluding hydrogens is 271 g/mol. The molecule has 0 saturated heterocycles. The molecule has 0 atom stereocenters. The number of carbonyl (C=O) groups excluding carboxylic acids is 1. The number of rotatable bonds is 4. The molecule has 21 heavy (non-hydrogen) atoms. The van der Waals surface area contributed by atoms with Gasteiger partial charge in [-0.2, -0.15) is 4.98 Å². The molecule has 0 radical (unpaired) electrons. The minimum Gasteiger partial charge on any atom is -0.339 e. The number of hydrogen-bond donors (Lipinski definition) is 0. The monoisotopic (exact) mass is 288 g/mol. The molecule has 0 unspecified atom stereocenters. The molecule has 3 rings (SSSR count). The Balaban J connectivity index is 1.77. The summed E-state index contributed by atoms with van der Waals surface area (Å²) in [5, 5.41) is 3.86. The van der Waals surface area contributed by atoms with Crippen molar-refractivity contribution in [2.75, 3.05) is 0 Å². The van der Waals surface area contributed by atoms with E-state index in [9.17, 15) is 9.18 Å². The highest BCUT2D eigenvalue weighted by atomic mass is 19.1. The first-order valence-electron chi connectivity index (χ1n) is 7.25. The van der Waals surface area contributed by atoms with Crippen LogP contribution in [0.25, 0.3) is 11.4 Å². The third kappa shape index (κ3) is 3.01. The van der Waals surface area contributed by atoms with Crippen LogP contribution in [0.4, 0.5) is 4.39 Å². The molecule has 4 nitrogen and oxygen atoms in total. The van der Waals surface area contributed by atoms with Crippen LogP contribution in [0.2, 0.25) is 0 Å². The van der Waals surface area contributed by atoms with Gasteiger partial charge in [0.05, 0.1) is 6.42 Å². The van der Waals surface area contributed by atoms with Crippen LogP contribution < -0.4 is 0 Å². The number of aromatic nitrogens is 2. The Bertz CT molecular complexity index is 660. The SMILES string of the molecule is Cc1ccc(F)cc1-c1noc(CC(=O)C2CCCC2)n1. The van der Waals surface area contributed by atoms with Gasteiger partial charge in [-0.05, 0) is 37.5 Å². The van der Waals surface area contributed by atoms with E-state index < -0.39 is 0 Å². The highest BCUT2D eigenvalue weighted by molar-refractivity contribution is 5.82. The zero-order chi connectivity index (χ0) is 14.8. The summed E-state index contributed by atoms with van der Waals surface area (Å²) in [6, 6.07) is 4.44. The fraction of sp³-hybridized carbons (Fsp3) is 0.438. The zero-order valence-electron chi connectivity index (χ0n) is 11.9. The largest absolute Gasteiger partial charge is 0.339 e. The second-order valence-corrected chi connectivity index (χ2v) is 5.60. The Morgan fingerprint density at radius 3 is 2.90 bits per heavy atom. The van der Waals surface area contributed by atoms with E-state index in [2.05, 4.69) is 10.1 Å². The van der Waals surface area contributed by atoms with E-state index in [0.717, 1.165) is 31.2 Å². The molecule has 2 aromatic rings. The Kier molecular flexibility index (Phi) is 3.82. The molecular formula is C16H17FN2O2. The first-order valence-corrected chi connectivity index (χ1v) is 7.25. The maximum absolute atomic E-state index is 13.3. The van der Waals surface area contributed by atoms with Crippen LogP contribution in [0.5, 0.6) is 0 Å². The number of halogens is 1. The van der Waals surface area contributed by atoms with E-state index in [-0.39, 0.29) is 23.9 Å². The minimum atomic E-state index is -0.344. The van der Waals surface area contributed by atoms with Crippen molar-refractivity contribution in [3.8, 4) is 11.4 Å². The van der Waals surface area contributed by atoms with Crippen molar-refractivity contribution in [1.29, 1.82) is 0 Å². The Hall–Kier alpha value is -2.04. The van der Waals surface area contributed by atoms with Crippen LogP contribution >= 0.6 is 0 Å². The number of ketones is 1. The number of aryl methyl sites for hydroxylation is 1. The second kappa shape index (κ2) is 5.76. The van der Waals surface area contributed by atoms with Crippen LogP contribution in [0, 0.1) is 18.7 Å². The first kappa shape index (κ1) is 13.9. The van der Waals surface area contributed by atoms with E-state index in [1.165, 1.54) is 12.1 Å². The van der Waals surface area contributed by atoms with Gasteiger partial charge in [0.25, 0.3) is 0 Å². The molecule has 0 amide bonds. The zero-order valence-corrected chi connectivity index (χ0v) is 11.9. The molecule has 110 valence electrons. The molecule has 1 aliphatic rings. The highest BCUT2D eigenvalue weighted by Gasteiger charge is 2.24. The van der Waals surface area contributed by atoms with Crippen LogP contribution in [0.1, 0.15) is 37.1 Å². The number of hydrogen-bond acceptors (Lipinski definition) is 4. The lowest BCUT2D eigenvalue weighted by Crippen LogP contribution is -2.13. The molecule has 1 fully saturated rings. The topological polar surface area (TPSA) is 56.0 Å². The summed E-state index contributed by atoms with van der Waals surface area (Å²) in [4.78, 5) is 16.3. The van der Waals surface area contributed by atoms with E-state index in [1.807, 2.05) is 6.92 Å². The van der Waals surface area contributed by atoms with Gasteiger partial charge in [0.15, 0.2) is 0 Å². The smallest absolute Gasteiger partial charge is 0.234 e. The molecule has 0 spiro atoms. The Labute approximate surface area is 122 Å². The number of nitrogens with zero attached hydrogens (tertiary/aromatic N) is 2. The van der Waals surface area contributed by atoms with Crippen molar-refractivity contribution in [2.45, 2.75) is 39.0 Å². The van der Waals surface area contributed by atoms with Gasteiger partial charge in [0.2, 0.25) is 11.7 Å². The van der Waals surface area contributed by atoms with Crippen molar-refractivity contribution < 1.29 is 13.7 Å². The fourth-order valence-corrected chi connectivity index (χ4v) is 2.81. The van der Waals surface area contributed by atoms with Crippen LogP contribution in [0.3, 0.4) is 0 Å². The van der Waals surface area contributed by atoms with Crippen molar-refractivity contribution in [3.63, 3.8) is 0 Å². The van der Waals surface area contributed by atoms with Gasteiger partial charge in [-0.3, -0.25) is 4.79 Å². The van der Waals surface area contributed by atoms with E-state index >= 15 is 0 Å². The predicted octanol–water partition coefficient (Wildman–Crippen LogP) is 3.49. The van der Waals surface area contributed by atoms with Gasteiger partial charge < -0.3 is 4.52 Å². The summed E-state index contributed by atoms with van der Waals surface area (Å²) in [6.45, 7) is 1.86. The standard InChI is InChI=1S/C16H17FN2O2/c1-10-6-7-12(17)8-13(10)16-18-15(21-19-16)9-14(20)11-4-2-3-5-11/h6-8,11H,2-5,9H2,1H3. The van der Waals surface area contributed by atoms with Gasteiger partial charge in [-0.1, -0.05) is 24.1 Å². The van der Waals surface area contributed by atoms with Gasteiger partial charge in [-0.25, -0.2) is 4.39 Å². The van der Waals surface area contributed by atoms with E-state index in [1.54, 1.807) is 6.07 Å². The second-order valence-electron chi connectivity index (χ2n) is 5.60. The van der Waals surface area contributed by atoms with Gasteiger partial charge >= 0.3 is 0 Å². The molecule has 1 aromatic carbocycles.